The number of benzene rings is 1. The molecule has 1 aliphatic carbocycles. The Balaban J connectivity index is 2.02. The zero-order valence-electron chi connectivity index (χ0n) is 13.9. The molecule has 0 radical (unpaired) electrons. The molecule has 1 heterocycles. The van der Waals surface area contributed by atoms with Crippen molar-refractivity contribution in [3.8, 4) is 0 Å². The van der Waals surface area contributed by atoms with Crippen LogP contribution in [-0.4, -0.2) is 5.25 Å². The van der Waals surface area contributed by atoms with Crippen molar-refractivity contribution in [3.05, 3.63) is 45.4 Å². The second-order valence-corrected chi connectivity index (χ2v) is 10.9. The second kappa shape index (κ2) is 10.0. The molecule has 0 bridgehead atoms. The van der Waals surface area contributed by atoms with Crippen LogP contribution in [-0.2, 0) is 0 Å². The summed E-state index contributed by atoms with van der Waals surface area (Å²) in [4.78, 5) is 12.8. The molecule has 2 aromatic rings. The van der Waals surface area contributed by atoms with Crippen LogP contribution in [0.25, 0.3) is 0 Å². The summed E-state index contributed by atoms with van der Waals surface area (Å²) in [5, 5.41) is 0.861. The SMILES string of the molecule is O=c1c(Cl)c(Sc2c(Cl)c(Cl)c(Cl)c(Cl)c2Cl)oc(SC2CCCCC2)c1Cl. The van der Waals surface area contributed by atoms with Gasteiger partial charge in [0.2, 0.25) is 5.43 Å². The smallest absolute Gasteiger partial charge is 0.224 e. The van der Waals surface area contributed by atoms with Gasteiger partial charge in [0.25, 0.3) is 0 Å². The molecule has 0 N–H and O–H groups in total. The van der Waals surface area contributed by atoms with Crippen molar-refractivity contribution in [2.75, 3.05) is 0 Å². The lowest BCUT2D eigenvalue weighted by atomic mass is 10.0. The molecule has 1 fully saturated rings. The molecular formula is C17H11Cl7O2S2. The van der Waals surface area contributed by atoms with Crippen LogP contribution in [0, 0.1) is 0 Å². The van der Waals surface area contributed by atoms with Gasteiger partial charge in [-0.25, -0.2) is 0 Å². The van der Waals surface area contributed by atoms with Crippen LogP contribution in [0.1, 0.15) is 32.1 Å². The van der Waals surface area contributed by atoms with Crippen molar-refractivity contribution in [3.63, 3.8) is 0 Å². The number of halogens is 7. The monoisotopic (exact) mass is 556 g/mol. The molecule has 3 rings (SSSR count). The van der Waals surface area contributed by atoms with Crippen LogP contribution in [0.4, 0.5) is 0 Å². The number of hydrogen-bond donors (Lipinski definition) is 0. The molecule has 0 saturated heterocycles. The molecule has 0 amide bonds. The minimum atomic E-state index is -0.520. The Bertz CT molecular complexity index is 942. The third-order valence-corrected chi connectivity index (χ3v) is 9.94. The lowest BCUT2D eigenvalue weighted by molar-refractivity contribution is 0.371. The van der Waals surface area contributed by atoms with Crippen molar-refractivity contribution in [2.24, 2.45) is 0 Å². The number of rotatable bonds is 4. The van der Waals surface area contributed by atoms with E-state index in [1.165, 1.54) is 18.2 Å². The fourth-order valence-electron chi connectivity index (χ4n) is 2.70. The van der Waals surface area contributed by atoms with Gasteiger partial charge in [-0.3, -0.25) is 4.79 Å². The summed E-state index contributed by atoms with van der Waals surface area (Å²) < 4.78 is 5.87. The predicted octanol–water partition coefficient (Wildman–Crippen LogP) is 9.79. The Kier molecular flexibility index (Phi) is 8.43. The summed E-state index contributed by atoms with van der Waals surface area (Å²) in [6.07, 6.45) is 5.57. The van der Waals surface area contributed by atoms with E-state index in [1.54, 1.807) is 0 Å². The molecule has 11 heteroatoms. The van der Waals surface area contributed by atoms with Crippen LogP contribution < -0.4 is 5.43 Å². The Labute approximate surface area is 205 Å². The Morgan fingerprint density at radius 1 is 0.679 bits per heavy atom. The van der Waals surface area contributed by atoms with E-state index < -0.39 is 5.43 Å². The Hall–Kier alpha value is 0.900. The summed E-state index contributed by atoms with van der Waals surface area (Å²) in [5.41, 5.74) is -0.520. The van der Waals surface area contributed by atoms with Crippen molar-refractivity contribution in [2.45, 2.75) is 52.4 Å². The van der Waals surface area contributed by atoms with Gasteiger partial charge < -0.3 is 4.42 Å². The Morgan fingerprint density at radius 3 is 1.75 bits per heavy atom. The van der Waals surface area contributed by atoms with E-state index in [9.17, 15) is 4.79 Å². The molecule has 0 atom stereocenters. The molecule has 2 nitrogen and oxygen atoms in total. The second-order valence-electron chi connectivity index (χ2n) is 6.01. The highest BCUT2D eigenvalue weighted by Crippen LogP contribution is 2.51. The minimum Gasteiger partial charge on any atom is -0.440 e. The molecule has 1 aromatic heterocycles. The average Bonchev–Trinajstić information content (AvgIpc) is 2.70. The van der Waals surface area contributed by atoms with E-state index >= 15 is 0 Å². The van der Waals surface area contributed by atoms with Gasteiger partial charge in [-0.1, -0.05) is 112 Å². The van der Waals surface area contributed by atoms with Crippen LogP contribution in [0.5, 0.6) is 0 Å². The first-order chi connectivity index (χ1) is 13.2. The third kappa shape index (κ3) is 4.87. The summed E-state index contributed by atoms with van der Waals surface area (Å²) in [6.45, 7) is 0. The summed E-state index contributed by atoms with van der Waals surface area (Å²) in [7, 11) is 0. The van der Waals surface area contributed by atoms with Crippen molar-refractivity contribution >= 4 is 105 Å². The topological polar surface area (TPSA) is 30.2 Å². The standard InChI is InChI=1S/C17H11Cl7O2S2/c18-7-8(19)10(21)15(11(22)9(7)20)28-17-13(24)14(25)12(23)16(26-17)27-6-4-2-1-3-5-6/h6H,1-5H2. The van der Waals surface area contributed by atoms with Gasteiger partial charge in [0, 0.05) is 5.25 Å². The fourth-order valence-corrected chi connectivity index (χ4v) is 6.87. The van der Waals surface area contributed by atoms with Crippen LogP contribution in [0.3, 0.4) is 0 Å². The fraction of sp³-hybridized carbons (Fsp3) is 0.353. The largest absolute Gasteiger partial charge is 0.440 e. The summed E-state index contributed by atoms with van der Waals surface area (Å²) in [6, 6.07) is 0. The van der Waals surface area contributed by atoms with Crippen LogP contribution >= 0.6 is 105 Å². The zero-order valence-corrected chi connectivity index (χ0v) is 20.8. The van der Waals surface area contributed by atoms with Gasteiger partial charge in [0.15, 0.2) is 10.2 Å². The molecule has 0 aliphatic heterocycles. The first kappa shape index (κ1) is 23.6. The summed E-state index contributed by atoms with van der Waals surface area (Å²) >= 11 is 45.5. The molecule has 0 unspecified atom stereocenters. The van der Waals surface area contributed by atoms with E-state index in [4.69, 9.17) is 85.6 Å². The van der Waals surface area contributed by atoms with Gasteiger partial charge in [-0.2, -0.15) is 0 Å². The minimum absolute atomic E-state index is 0.0331. The van der Waals surface area contributed by atoms with Gasteiger partial charge in [0.1, 0.15) is 10.0 Å². The maximum atomic E-state index is 12.5. The van der Waals surface area contributed by atoms with Gasteiger partial charge in [-0.15, -0.1) is 0 Å². The number of hydrogen-bond acceptors (Lipinski definition) is 4. The lowest BCUT2D eigenvalue weighted by Gasteiger charge is -2.21. The third-order valence-electron chi connectivity index (χ3n) is 4.13. The summed E-state index contributed by atoms with van der Waals surface area (Å²) in [5.74, 6) is 0. The van der Waals surface area contributed by atoms with Gasteiger partial charge in [-0.05, 0) is 24.6 Å². The van der Waals surface area contributed by atoms with E-state index in [1.807, 2.05) is 0 Å². The first-order valence-electron chi connectivity index (χ1n) is 8.10. The lowest BCUT2D eigenvalue weighted by Crippen LogP contribution is -2.10. The molecule has 1 aliphatic rings. The van der Waals surface area contributed by atoms with Crippen LogP contribution in [0.15, 0.2) is 24.3 Å². The Morgan fingerprint density at radius 2 is 1.18 bits per heavy atom. The van der Waals surface area contributed by atoms with Gasteiger partial charge in [0.05, 0.1) is 30.0 Å². The molecule has 28 heavy (non-hydrogen) atoms. The highest BCUT2D eigenvalue weighted by Gasteiger charge is 2.26. The van der Waals surface area contributed by atoms with Crippen molar-refractivity contribution < 1.29 is 4.42 Å². The normalized spacial score (nSPS) is 15.2. The van der Waals surface area contributed by atoms with Crippen molar-refractivity contribution in [1.82, 2.24) is 0 Å². The first-order valence-corrected chi connectivity index (χ1v) is 12.4. The molecule has 1 saturated carbocycles. The van der Waals surface area contributed by atoms with E-state index in [-0.39, 0.29) is 45.1 Å². The molecule has 0 spiro atoms. The zero-order chi connectivity index (χ0) is 20.6. The number of thioether (sulfide) groups is 1. The molecule has 1 aromatic carbocycles. The van der Waals surface area contributed by atoms with E-state index in [0.29, 0.717) is 10.3 Å². The molecule has 152 valence electrons. The maximum Gasteiger partial charge on any atom is 0.224 e. The predicted molar refractivity (Wildman–Crippen MR) is 123 cm³/mol. The highest BCUT2D eigenvalue weighted by atomic mass is 35.5. The van der Waals surface area contributed by atoms with Gasteiger partial charge >= 0.3 is 0 Å². The van der Waals surface area contributed by atoms with E-state index in [2.05, 4.69) is 0 Å². The molecular weight excluding hydrogens is 548 g/mol. The van der Waals surface area contributed by atoms with E-state index in [0.717, 1.165) is 37.4 Å². The highest BCUT2D eigenvalue weighted by molar-refractivity contribution is 8.00. The van der Waals surface area contributed by atoms with Crippen LogP contribution in [0.2, 0.25) is 35.2 Å². The van der Waals surface area contributed by atoms with Crippen molar-refractivity contribution in [1.29, 1.82) is 0 Å². The quantitative estimate of drug-likeness (QED) is 0.276. The average molecular weight is 560 g/mol. The maximum absolute atomic E-state index is 12.5.